The van der Waals surface area contributed by atoms with Crippen LogP contribution in [-0.4, -0.2) is 13.1 Å². The maximum absolute atomic E-state index is 5.47. The summed E-state index contributed by atoms with van der Waals surface area (Å²) in [6.07, 6.45) is 2.43. The van der Waals surface area contributed by atoms with Crippen molar-refractivity contribution in [2.24, 2.45) is 23.3 Å². The van der Waals surface area contributed by atoms with Gasteiger partial charge in [-0.25, -0.2) is 0 Å². The van der Waals surface area contributed by atoms with Crippen LogP contribution < -0.4 is 11.5 Å². The molecule has 4 N–H and O–H groups in total. The van der Waals surface area contributed by atoms with Gasteiger partial charge in [-0.2, -0.15) is 0 Å². The third-order valence-corrected chi connectivity index (χ3v) is 1.96. The maximum atomic E-state index is 5.47. The van der Waals surface area contributed by atoms with Crippen molar-refractivity contribution < 1.29 is 0 Å². The van der Waals surface area contributed by atoms with Gasteiger partial charge in [-0.15, -0.1) is 0 Å². The van der Waals surface area contributed by atoms with Gasteiger partial charge in [-0.05, 0) is 37.8 Å². The second-order valence-electron chi connectivity index (χ2n) is 3.26. The first kappa shape index (κ1) is 9.92. The van der Waals surface area contributed by atoms with E-state index < -0.39 is 0 Å². The lowest BCUT2D eigenvalue weighted by molar-refractivity contribution is 0.441. The molecule has 0 saturated heterocycles. The molecule has 0 amide bonds. The maximum Gasteiger partial charge on any atom is -0.00515 e. The van der Waals surface area contributed by atoms with Crippen LogP contribution in [0.25, 0.3) is 0 Å². The first-order valence-electron chi connectivity index (χ1n) is 4.10. The fourth-order valence-corrected chi connectivity index (χ4v) is 0.805. The van der Waals surface area contributed by atoms with E-state index in [1.165, 1.54) is 12.8 Å². The molecule has 2 heteroatoms. The summed E-state index contributed by atoms with van der Waals surface area (Å²) >= 11 is 0. The summed E-state index contributed by atoms with van der Waals surface area (Å²) < 4.78 is 0. The Kier molecular flexibility index (Phi) is 5.64. The average Bonchev–Trinajstić information content (AvgIpc) is 1.99. The van der Waals surface area contributed by atoms with Gasteiger partial charge in [-0.1, -0.05) is 13.8 Å². The fraction of sp³-hybridized carbons (Fsp3) is 1.00. The minimum absolute atomic E-state index is 0.661. The van der Waals surface area contributed by atoms with Crippen LogP contribution in [-0.2, 0) is 0 Å². The largest absolute Gasteiger partial charge is 0.330 e. The Morgan fingerprint density at radius 1 is 0.900 bits per heavy atom. The molecule has 0 bridgehead atoms. The van der Waals surface area contributed by atoms with Gasteiger partial charge >= 0.3 is 0 Å². The molecular formula is C8H20N2. The molecule has 2 atom stereocenters. The zero-order chi connectivity index (χ0) is 7.98. The molecule has 0 aliphatic rings. The molecular weight excluding hydrogens is 124 g/mol. The van der Waals surface area contributed by atoms with E-state index in [1.807, 2.05) is 0 Å². The van der Waals surface area contributed by atoms with E-state index in [4.69, 9.17) is 11.5 Å². The summed E-state index contributed by atoms with van der Waals surface area (Å²) in [4.78, 5) is 0. The van der Waals surface area contributed by atoms with Gasteiger partial charge in [0, 0.05) is 0 Å². The molecule has 0 aromatic carbocycles. The summed E-state index contributed by atoms with van der Waals surface area (Å²) in [5.74, 6) is 1.32. The van der Waals surface area contributed by atoms with Crippen molar-refractivity contribution in [3.8, 4) is 0 Å². The first-order valence-corrected chi connectivity index (χ1v) is 4.10. The zero-order valence-corrected chi connectivity index (χ0v) is 7.14. The summed E-state index contributed by atoms with van der Waals surface area (Å²) in [6, 6.07) is 0. The van der Waals surface area contributed by atoms with Crippen LogP contribution in [0.5, 0.6) is 0 Å². The SMILES string of the molecule is CC(CN)CCC(C)CN. The molecule has 0 aliphatic carbocycles. The Labute approximate surface area is 64.0 Å². The van der Waals surface area contributed by atoms with Gasteiger partial charge in [0.05, 0.1) is 0 Å². The van der Waals surface area contributed by atoms with Crippen LogP contribution in [0.3, 0.4) is 0 Å². The molecule has 0 saturated carbocycles. The highest BCUT2D eigenvalue weighted by molar-refractivity contribution is 4.58. The van der Waals surface area contributed by atoms with Gasteiger partial charge in [-0.3, -0.25) is 0 Å². The molecule has 0 fully saturated rings. The molecule has 10 heavy (non-hydrogen) atoms. The topological polar surface area (TPSA) is 52.0 Å². The van der Waals surface area contributed by atoms with Gasteiger partial charge in [0.2, 0.25) is 0 Å². The van der Waals surface area contributed by atoms with Crippen LogP contribution in [0.2, 0.25) is 0 Å². The molecule has 0 aromatic heterocycles. The van der Waals surface area contributed by atoms with Gasteiger partial charge < -0.3 is 11.5 Å². The number of hydrogen-bond acceptors (Lipinski definition) is 2. The van der Waals surface area contributed by atoms with Crippen molar-refractivity contribution in [3.63, 3.8) is 0 Å². The quantitative estimate of drug-likeness (QED) is 0.603. The molecule has 0 heterocycles. The molecule has 2 nitrogen and oxygen atoms in total. The van der Waals surface area contributed by atoms with E-state index in [1.54, 1.807) is 0 Å². The Morgan fingerprint density at radius 2 is 1.20 bits per heavy atom. The summed E-state index contributed by atoms with van der Waals surface area (Å²) in [7, 11) is 0. The van der Waals surface area contributed by atoms with Crippen LogP contribution in [0.4, 0.5) is 0 Å². The van der Waals surface area contributed by atoms with Crippen LogP contribution >= 0.6 is 0 Å². The van der Waals surface area contributed by atoms with Crippen LogP contribution in [0, 0.1) is 11.8 Å². The van der Waals surface area contributed by atoms with Gasteiger partial charge in [0.25, 0.3) is 0 Å². The fourth-order valence-electron chi connectivity index (χ4n) is 0.805. The van der Waals surface area contributed by atoms with E-state index in [0.717, 1.165) is 13.1 Å². The Balaban J connectivity index is 3.17. The van der Waals surface area contributed by atoms with Crippen LogP contribution in [0.1, 0.15) is 26.7 Å². The van der Waals surface area contributed by atoms with E-state index in [0.29, 0.717) is 11.8 Å². The van der Waals surface area contributed by atoms with Crippen LogP contribution in [0.15, 0.2) is 0 Å². The molecule has 0 rings (SSSR count). The number of hydrogen-bond donors (Lipinski definition) is 2. The van der Waals surface area contributed by atoms with Gasteiger partial charge in [0.1, 0.15) is 0 Å². The second-order valence-corrected chi connectivity index (χ2v) is 3.26. The second kappa shape index (κ2) is 5.69. The molecule has 0 spiro atoms. The monoisotopic (exact) mass is 144 g/mol. The highest BCUT2D eigenvalue weighted by atomic mass is 14.5. The predicted molar refractivity (Wildman–Crippen MR) is 45.7 cm³/mol. The molecule has 62 valence electrons. The van der Waals surface area contributed by atoms with E-state index in [-0.39, 0.29) is 0 Å². The van der Waals surface area contributed by atoms with Crippen molar-refractivity contribution in [1.29, 1.82) is 0 Å². The number of nitrogens with two attached hydrogens (primary N) is 2. The minimum atomic E-state index is 0.661. The van der Waals surface area contributed by atoms with E-state index in [2.05, 4.69) is 13.8 Å². The molecule has 2 unspecified atom stereocenters. The van der Waals surface area contributed by atoms with Crippen molar-refractivity contribution in [2.45, 2.75) is 26.7 Å². The highest BCUT2D eigenvalue weighted by Crippen LogP contribution is 2.09. The Morgan fingerprint density at radius 3 is 1.40 bits per heavy atom. The van der Waals surface area contributed by atoms with Crippen molar-refractivity contribution in [2.75, 3.05) is 13.1 Å². The normalized spacial score (nSPS) is 16.8. The van der Waals surface area contributed by atoms with E-state index in [9.17, 15) is 0 Å². The van der Waals surface area contributed by atoms with Crippen molar-refractivity contribution in [1.82, 2.24) is 0 Å². The first-order chi connectivity index (χ1) is 4.70. The molecule has 0 radical (unpaired) electrons. The molecule has 0 aromatic rings. The standard InChI is InChI=1S/C8H20N2/c1-7(5-9)3-4-8(2)6-10/h7-8H,3-6,9-10H2,1-2H3. The molecule has 0 aliphatic heterocycles. The van der Waals surface area contributed by atoms with E-state index >= 15 is 0 Å². The lowest BCUT2D eigenvalue weighted by Gasteiger charge is -2.11. The smallest absolute Gasteiger partial charge is 0.00515 e. The third-order valence-electron chi connectivity index (χ3n) is 1.96. The lowest BCUT2D eigenvalue weighted by atomic mass is 9.98. The Hall–Kier alpha value is -0.0800. The summed E-state index contributed by atoms with van der Waals surface area (Å²) in [6.45, 7) is 5.97. The highest BCUT2D eigenvalue weighted by Gasteiger charge is 2.02. The number of rotatable bonds is 5. The average molecular weight is 144 g/mol. The third kappa shape index (κ3) is 4.77. The van der Waals surface area contributed by atoms with Crippen molar-refractivity contribution in [3.05, 3.63) is 0 Å². The summed E-state index contributed by atoms with van der Waals surface area (Å²) in [5.41, 5.74) is 10.9. The zero-order valence-electron chi connectivity index (χ0n) is 7.14. The van der Waals surface area contributed by atoms with Crippen molar-refractivity contribution >= 4 is 0 Å². The predicted octanol–water partition coefficient (Wildman–Crippen LogP) is 0.956. The Bertz CT molecular complexity index is 63.7. The summed E-state index contributed by atoms with van der Waals surface area (Å²) in [5, 5.41) is 0. The minimum Gasteiger partial charge on any atom is -0.330 e. The van der Waals surface area contributed by atoms with Gasteiger partial charge in [0.15, 0.2) is 0 Å². The lowest BCUT2D eigenvalue weighted by Crippen LogP contribution is -2.15.